The maximum absolute atomic E-state index is 12.9. The molecular weight excluding hydrogens is 540 g/mol. The van der Waals surface area contributed by atoms with Crippen LogP contribution in [0.1, 0.15) is 18.1 Å². The van der Waals surface area contributed by atoms with Crippen molar-refractivity contribution in [2.24, 2.45) is 0 Å². The topological polar surface area (TPSA) is 94.2 Å². The van der Waals surface area contributed by atoms with Crippen LogP contribution in [-0.4, -0.2) is 48.3 Å². The lowest BCUT2D eigenvalue weighted by molar-refractivity contribution is -0.123. The number of benzene rings is 3. The summed E-state index contributed by atoms with van der Waals surface area (Å²) in [6.07, 6.45) is 1.62. The second-order valence-electron chi connectivity index (χ2n) is 8.40. The lowest BCUT2D eigenvalue weighted by atomic mass is 10.2. The van der Waals surface area contributed by atoms with Crippen LogP contribution in [0, 0.1) is 6.92 Å². The van der Waals surface area contributed by atoms with Crippen molar-refractivity contribution < 1.29 is 28.6 Å². The van der Waals surface area contributed by atoms with Crippen molar-refractivity contribution in [3.8, 4) is 17.2 Å². The van der Waals surface area contributed by atoms with Crippen LogP contribution in [0.2, 0.25) is 5.02 Å². The van der Waals surface area contributed by atoms with E-state index in [-0.39, 0.29) is 35.8 Å². The van der Waals surface area contributed by atoms with Gasteiger partial charge in [0, 0.05) is 5.69 Å². The van der Waals surface area contributed by atoms with Gasteiger partial charge in [-0.3, -0.25) is 19.3 Å². The molecule has 1 saturated heterocycles. The quantitative estimate of drug-likeness (QED) is 0.277. The molecule has 1 aliphatic heterocycles. The minimum absolute atomic E-state index is 0.0920. The Morgan fingerprint density at radius 1 is 0.974 bits per heavy atom. The highest BCUT2D eigenvalue weighted by molar-refractivity contribution is 8.18. The van der Waals surface area contributed by atoms with E-state index in [0.717, 1.165) is 27.9 Å². The monoisotopic (exact) mass is 566 g/mol. The van der Waals surface area contributed by atoms with E-state index in [2.05, 4.69) is 5.32 Å². The Morgan fingerprint density at radius 3 is 2.51 bits per heavy atom. The Morgan fingerprint density at radius 2 is 1.74 bits per heavy atom. The standard InChI is InChI=1S/C29H27ClN2O6S/c1-3-36-25-16-20(12-13-24(25)38-18-27(33)31-22-10-6-4-8-19(22)2)17-26-28(34)32(29(35)39-26)14-15-37-23-11-7-5-9-21(23)30/h4-13,16-17H,3,14-15,18H2,1-2H3,(H,31,33)/b26-17-. The minimum Gasteiger partial charge on any atom is -0.490 e. The van der Waals surface area contributed by atoms with Crippen molar-refractivity contribution in [2.45, 2.75) is 13.8 Å². The fraction of sp³-hybridized carbons (Fsp3) is 0.207. The molecule has 0 aromatic heterocycles. The third-order valence-corrected chi connectivity index (χ3v) is 6.85. The van der Waals surface area contributed by atoms with Crippen molar-refractivity contribution in [1.29, 1.82) is 0 Å². The Hall–Kier alpha value is -3.95. The average molecular weight is 567 g/mol. The summed E-state index contributed by atoms with van der Waals surface area (Å²) in [7, 11) is 0. The molecule has 0 unspecified atom stereocenters. The highest BCUT2D eigenvalue weighted by atomic mass is 35.5. The number of amides is 3. The van der Waals surface area contributed by atoms with Crippen LogP contribution in [0.5, 0.6) is 17.2 Å². The molecule has 3 amide bonds. The van der Waals surface area contributed by atoms with Gasteiger partial charge in [0.1, 0.15) is 12.4 Å². The van der Waals surface area contributed by atoms with Gasteiger partial charge in [-0.1, -0.05) is 48.0 Å². The van der Waals surface area contributed by atoms with Crippen LogP contribution in [-0.2, 0) is 9.59 Å². The fourth-order valence-electron chi connectivity index (χ4n) is 3.70. The van der Waals surface area contributed by atoms with Gasteiger partial charge in [-0.15, -0.1) is 0 Å². The second-order valence-corrected chi connectivity index (χ2v) is 9.80. The number of nitrogens with zero attached hydrogens (tertiary/aromatic N) is 1. The summed E-state index contributed by atoms with van der Waals surface area (Å²) in [6, 6.07) is 19.6. The van der Waals surface area contributed by atoms with E-state index in [0.29, 0.717) is 34.4 Å². The molecule has 3 aromatic carbocycles. The van der Waals surface area contributed by atoms with Crippen molar-refractivity contribution >= 4 is 52.2 Å². The Labute approximate surface area is 235 Å². The maximum atomic E-state index is 12.9. The molecule has 3 aromatic rings. The zero-order chi connectivity index (χ0) is 27.8. The molecule has 39 heavy (non-hydrogen) atoms. The highest BCUT2D eigenvalue weighted by Crippen LogP contribution is 2.35. The third-order valence-electron chi connectivity index (χ3n) is 5.63. The third kappa shape index (κ3) is 7.34. The molecule has 0 spiro atoms. The van der Waals surface area contributed by atoms with Gasteiger partial charge < -0.3 is 19.5 Å². The number of ether oxygens (including phenoxy) is 3. The van der Waals surface area contributed by atoms with Crippen LogP contribution in [0.25, 0.3) is 6.08 Å². The minimum atomic E-state index is -0.404. The van der Waals surface area contributed by atoms with Crippen molar-refractivity contribution in [3.63, 3.8) is 0 Å². The van der Waals surface area contributed by atoms with Crippen molar-refractivity contribution in [1.82, 2.24) is 4.90 Å². The SMILES string of the molecule is CCOc1cc(/C=C2\SC(=O)N(CCOc3ccccc3Cl)C2=O)ccc1OCC(=O)Nc1ccccc1C. The summed E-state index contributed by atoms with van der Waals surface area (Å²) in [5.74, 6) is 0.586. The van der Waals surface area contributed by atoms with Gasteiger partial charge in [0.2, 0.25) is 0 Å². The van der Waals surface area contributed by atoms with Crippen LogP contribution in [0.15, 0.2) is 71.6 Å². The summed E-state index contributed by atoms with van der Waals surface area (Å²) in [5.41, 5.74) is 2.31. The van der Waals surface area contributed by atoms with E-state index >= 15 is 0 Å². The molecule has 10 heteroatoms. The van der Waals surface area contributed by atoms with Crippen molar-refractivity contribution in [3.05, 3.63) is 87.8 Å². The molecule has 1 heterocycles. The van der Waals surface area contributed by atoms with Crippen LogP contribution in [0.4, 0.5) is 10.5 Å². The molecule has 1 aliphatic rings. The number of imide groups is 1. The van der Waals surface area contributed by atoms with E-state index in [1.165, 1.54) is 0 Å². The fourth-order valence-corrected chi connectivity index (χ4v) is 4.75. The van der Waals surface area contributed by atoms with E-state index in [1.807, 2.05) is 38.1 Å². The zero-order valence-electron chi connectivity index (χ0n) is 21.4. The van der Waals surface area contributed by atoms with E-state index < -0.39 is 5.91 Å². The van der Waals surface area contributed by atoms with E-state index in [9.17, 15) is 14.4 Å². The Bertz CT molecular complexity index is 1410. The number of carbonyl (C=O) groups excluding carboxylic acids is 3. The first-order valence-corrected chi connectivity index (χ1v) is 13.4. The summed E-state index contributed by atoms with van der Waals surface area (Å²) in [6.45, 7) is 4.12. The first-order chi connectivity index (χ1) is 18.9. The Kier molecular flexibility index (Phi) is 9.51. The van der Waals surface area contributed by atoms with Crippen molar-refractivity contribution in [2.75, 3.05) is 31.7 Å². The number of anilines is 1. The summed E-state index contributed by atoms with van der Waals surface area (Å²) in [4.78, 5) is 39.2. The number of hydrogen-bond acceptors (Lipinski definition) is 7. The first-order valence-electron chi connectivity index (χ1n) is 12.2. The number of thioether (sulfide) groups is 1. The number of aryl methyl sites for hydroxylation is 1. The number of halogens is 1. The van der Waals surface area contributed by atoms with Crippen LogP contribution >= 0.6 is 23.4 Å². The number of carbonyl (C=O) groups is 3. The molecule has 1 N–H and O–H groups in total. The maximum Gasteiger partial charge on any atom is 0.293 e. The Balaban J connectivity index is 1.38. The van der Waals surface area contributed by atoms with Gasteiger partial charge in [-0.05, 0) is 73.1 Å². The van der Waals surface area contributed by atoms with Gasteiger partial charge in [0.15, 0.2) is 18.1 Å². The summed E-state index contributed by atoms with van der Waals surface area (Å²) < 4.78 is 17.0. The smallest absolute Gasteiger partial charge is 0.293 e. The molecule has 0 saturated carbocycles. The molecule has 202 valence electrons. The van der Waals surface area contributed by atoms with Gasteiger partial charge >= 0.3 is 0 Å². The number of nitrogens with one attached hydrogen (secondary N) is 1. The highest BCUT2D eigenvalue weighted by Gasteiger charge is 2.34. The van der Waals surface area contributed by atoms with Crippen LogP contribution in [0.3, 0.4) is 0 Å². The van der Waals surface area contributed by atoms with Gasteiger partial charge in [0.25, 0.3) is 17.1 Å². The molecule has 0 bridgehead atoms. The molecule has 0 radical (unpaired) electrons. The predicted octanol–water partition coefficient (Wildman–Crippen LogP) is 6.18. The van der Waals surface area contributed by atoms with Gasteiger partial charge in [0.05, 0.1) is 23.1 Å². The summed E-state index contributed by atoms with van der Waals surface area (Å²) in [5, 5.41) is 2.90. The number of hydrogen-bond donors (Lipinski definition) is 1. The molecule has 8 nitrogen and oxygen atoms in total. The molecule has 0 atom stereocenters. The molecule has 1 fully saturated rings. The molecular formula is C29H27ClN2O6S. The lowest BCUT2D eigenvalue weighted by Gasteiger charge is -2.14. The number of rotatable bonds is 11. The van der Waals surface area contributed by atoms with E-state index in [1.54, 1.807) is 48.5 Å². The second kappa shape index (κ2) is 13.2. The number of para-hydroxylation sites is 2. The van der Waals surface area contributed by atoms with Gasteiger partial charge in [-0.25, -0.2) is 0 Å². The average Bonchev–Trinajstić information content (AvgIpc) is 3.18. The van der Waals surface area contributed by atoms with Crippen LogP contribution < -0.4 is 19.5 Å². The van der Waals surface area contributed by atoms with Gasteiger partial charge in [-0.2, -0.15) is 0 Å². The predicted molar refractivity (Wildman–Crippen MR) is 153 cm³/mol. The molecule has 4 rings (SSSR count). The summed E-state index contributed by atoms with van der Waals surface area (Å²) >= 11 is 6.94. The van der Waals surface area contributed by atoms with E-state index in [4.69, 9.17) is 25.8 Å². The first kappa shape index (κ1) is 28.1. The zero-order valence-corrected chi connectivity index (χ0v) is 23.0. The largest absolute Gasteiger partial charge is 0.490 e. The molecule has 0 aliphatic carbocycles. The lowest BCUT2D eigenvalue weighted by Crippen LogP contribution is -2.32. The normalized spacial score (nSPS) is 14.0.